The van der Waals surface area contributed by atoms with Gasteiger partial charge < -0.3 is 14.2 Å². The Balaban J connectivity index is 1.57. The molecular formula is C24H19ClO4. The minimum Gasteiger partial charge on any atom is -0.496 e. The van der Waals surface area contributed by atoms with Crippen molar-refractivity contribution in [3.8, 4) is 17.2 Å². The summed E-state index contributed by atoms with van der Waals surface area (Å²) in [6, 6.07) is 18.5. The average Bonchev–Trinajstić information content (AvgIpc) is 3.04. The molecule has 0 amide bonds. The summed E-state index contributed by atoms with van der Waals surface area (Å²) in [7, 11) is 1.63. The van der Waals surface area contributed by atoms with Gasteiger partial charge in [-0.15, -0.1) is 0 Å². The number of rotatable bonds is 5. The van der Waals surface area contributed by atoms with Gasteiger partial charge in [-0.2, -0.15) is 0 Å². The SMILES string of the molecule is COc1ccccc1COc1cc(C)c2c(c1)O/C(=C\c1ccc(Cl)cc1)C2=O. The molecule has 4 nitrogen and oxygen atoms in total. The van der Waals surface area contributed by atoms with Crippen molar-refractivity contribution >= 4 is 23.5 Å². The second-order valence-electron chi connectivity index (χ2n) is 6.71. The van der Waals surface area contributed by atoms with E-state index in [0.29, 0.717) is 28.7 Å². The minimum atomic E-state index is -0.135. The minimum absolute atomic E-state index is 0.135. The summed E-state index contributed by atoms with van der Waals surface area (Å²) in [4.78, 5) is 12.8. The molecule has 1 aliphatic heterocycles. The third-order valence-electron chi connectivity index (χ3n) is 4.70. The predicted octanol–water partition coefficient (Wildman–Crippen LogP) is 5.85. The van der Waals surface area contributed by atoms with Crippen molar-refractivity contribution in [2.45, 2.75) is 13.5 Å². The second-order valence-corrected chi connectivity index (χ2v) is 7.14. The Bertz CT molecular complexity index is 1100. The van der Waals surface area contributed by atoms with E-state index in [2.05, 4.69) is 0 Å². The lowest BCUT2D eigenvalue weighted by Gasteiger charge is -2.11. The highest BCUT2D eigenvalue weighted by Gasteiger charge is 2.30. The van der Waals surface area contributed by atoms with Gasteiger partial charge in [-0.05, 0) is 48.4 Å². The Morgan fingerprint density at radius 2 is 1.83 bits per heavy atom. The van der Waals surface area contributed by atoms with Crippen LogP contribution >= 0.6 is 11.6 Å². The number of para-hydroxylation sites is 1. The van der Waals surface area contributed by atoms with Gasteiger partial charge in [-0.3, -0.25) is 4.79 Å². The van der Waals surface area contributed by atoms with Crippen LogP contribution in [-0.2, 0) is 6.61 Å². The van der Waals surface area contributed by atoms with Crippen LogP contribution < -0.4 is 14.2 Å². The van der Waals surface area contributed by atoms with Crippen LogP contribution in [-0.4, -0.2) is 12.9 Å². The zero-order valence-corrected chi connectivity index (χ0v) is 16.8. The van der Waals surface area contributed by atoms with Crippen molar-refractivity contribution in [2.75, 3.05) is 7.11 Å². The molecule has 146 valence electrons. The van der Waals surface area contributed by atoms with Crippen LogP contribution in [0, 0.1) is 6.92 Å². The van der Waals surface area contributed by atoms with E-state index in [0.717, 1.165) is 22.4 Å². The largest absolute Gasteiger partial charge is 0.496 e. The fourth-order valence-corrected chi connectivity index (χ4v) is 3.38. The van der Waals surface area contributed by atoms with Crippen LogP contribution in [0.2, 0.25) is 5.02 Å². The number of Topliss-reactive ketones (excluding diaryl/α,β-unsaturated/α-hetero) is 1. The molecule has 0 bridgehead atoms. The molecule has 0 unspecified atom stereocenters. The molecule has 3 aromatic rings. The first-order valence-corrected chi connectivity index (χ1v) is 9.52. The summed E-state index contributed by atoms with van der Waals surface area (Å²) < 4.78 is 17.1. The number of hydrogen-bond donors (Lipinski definition) is 0. The van der Waals surface area contributed by atoms with Gasteiger partial charge >= 0.3 is 0 Å². The van der Waals surface area contributed by atoms with Crippen molar-refractivity contribution in [3.05, 3.63) is 93.7 Å². The average molecular weight is 407 g/mol. The Morgan fingerprint density at radius 3 is 2.59 bits per heavy atom. The lowest BCUT2D eigenvalue weighted by Crippen LogP contribution is -2.00. The molecule has 0 aromatic heterocycles. The van der Waals surface area contributed by atoms with Crippen LogP contribution in [0.1, 0.15) is 27.0 Å². The maximum atomic E-state index is 12.8. The van der Waals surface area contributed by atoms with Crippen molar-refractivity contribution in [1.82, 2.24) is 0 Å². The lowest BCUT2D eigenvalue weighted by atomic mass is 10.0. The zero-order chi connectivity index (χ0) is 20.4. The maximum absolute atomic E-state index is 12.8. The van der Waals surface area contributed by atoms with Gasteiger partial charge in [-0.1, -0.05) is 41.9 Å². The van der Waals surface area contributed by atoms with Crippen LogP contribution in [0.25, 0.3) is 6.08 Å². The lowest BCUT2D eigenvalue weighted by molar-refractivity contribution is 0.101. The molecule has 3 aromatic carbocycles. The first-order chi connectivity index (χ1) is 14.0. The smallest absolute Gasteiger partial charge is 0.232 e. The summed E-state index contributed by atoms with van der Waals surface area (Å²) in [5.74, 6) is 2.05. The van der Waals surface area contributed by atoms with Crippen molar-refractivity contribution in [2.24, 2.45) is 0 Å². The molecule has 1 aliphatic rings. The zero-order valence-electron chi connectivity index (χ0n) is 16.1. The maximum Gasteiger partial charge on any atom is 0.232 e. The van der Waals surface area contributed by atoms with E-state index in [1.165, 1.54) is 0 Å². The molecule has 0 saturated carbocycles. The second kappa shape index (κ2) is 8.02. The summed E-state index contributed by atoms with van der Waals surface area (Å²) in [6.07, 6.45) is 1.72. The molecule has 4 rings (SSSR count). The van der Waals surface area contributed by atoms with Crippen LogP contribution in [0.15, 0.2) is 66.4 Å². The van der Waals surface area contributed by atoms with Gasteiger partial charge in [0.05, 0.1) is 12.7 Å². The molecule has 0 atom stereocenters. The topological polar surface area (TPSA) is 44.8 Å². The number of hydrogen-bond acceptors (Lipinski definition) is 4. The molecule has 0 fully saturated rings. The summed E-state index contributed by atoms with van der Waals surface area (Å²) in [5, 5.41) is 0.641. The highest BCUT2D eigenvalue weighted by Crippen LogP contribution is 2.38. The standard InChI is InChI=1S/C24H19ClO4/c1-15-11-19(28-14-17-5-3-4-6-20(17)27-2)13-21-23(15)24(26)22(29-21)12-16-7-9-18(25)10-8-16/h3-13H,14H2,1-2H3/b22-12-. The Kier molecular flexibility index (Phi) is 5.28. The van der Waals surface area contributed by atoms with E-state index in [4.69, 9.17) is 25.8 Å². The number of carbonyl (C=O) groups is 1. The van der Waals surface area contributed by atoms with E-state index in [9.17, 15) is 4.79 Å². The number of fused-ring (bicyclic) bond motifs is 1. The third kappa shape index (κ3) is 3.98. The molecule has 0 N–H and O–H groups in total. The number of ketones is 1. The molecule has 1 heterocycles. The van der Waals surface area contributed by atoms with Crippen molar-refractivity contribution < 1.29 is 19.0 Å². The number of benzene rings is 3. The van der Waals surface area contributed by atoms with E-state index < -0.39 is 0 Å². The fraction of sp³-hybridized carbons (Fsp3) is 0.125. The number of carbonyl (C=O) groups excluding carboxylic acids is 1. The molecule has 0 aliphatic carbocycles. The normalized spacial score (nSPS) is 13.9. The molecular weight excluding hydrogens is 388 g/mol. The molecule has 0 spiro atoms. The number of allylic oxidation sites excluding steroid dienone is 1. The molecule has 0 radical (unpaired) electrons. The Hall–Kier alpha value is -3.24. The van der Waals surface area contributed by atoms with Gasteiger partial charge in [0.15, 0.2) is 5.76 Å². The highest BCUT2D eigenvalue weighted by molar-refractivity contribution is 6.30. The first-order valence-electron chi connectivity index (χ1n) is 9.14. The first kappa shape index (κ1) is 19.1. The van der Waals surface area contributed by atoms with Gasteiger partial charge in [0.1, 0.15) is 23.9 Å². The van der Waals surface area contributed by atoms with E-state index in [1.54, 1.807) is 31.4 Å². The number of ether oxygens (including phenoxy) is 3. The van der Waals surface area contributed by atoms with Crippen LogP contribution in [0.3, 0.4) is 0 Å². The summed E-state index contributed by atoms with van der Waals surface area (Å²) >= 11 is 5.92. The summed E-state index contributed by atoms with van der Waals surface area (Å²) in [5.41, 5.74) is 3.15. The molecule has 5 heteroatoms. The van der Waals surface area contributed by atoms with Crippen molar-refractivity contribution in [1.29, 1.82) is 0 Å². The van der Waals surface area contributed by atoms with Crippen LogP contribution in [0.5, 0.6) is 17.2 Å². The Morgan fingerprint density at radius 1 is 1.07 bits per heavy atom. The Labute approximate surface area is 174 Å². The van der Waals surface area contributed by atoms with E-state index in [1.807, 2.05) is 49.4 Å². The van der Waals surface area contributed by atoms with Gasteiger partial charge in [-0.25, -0.2) is 0 Å². The van der Waals surface area contributed by atoms with Gasteiger partial charge in [0.2, 0.25) is 5.78 Å². The summed E-state index contributed by atoms with van der Waals surface area (Å²) in [6.45, 7) is 2.23. The quantitative estimate of drug-likeness (QED) is 0.498. The van der Waals surface area contributed by atoms with Gasteiger partial charge in [0.25, 0.3) is 0 Å². The monoisotopic (exact) mass is 406 g/mol. The van der Waals surface area contributed by atoms with Crippen molar-refractivity contribution in [3.63, 3.8) is 0 Å². The van der Waals surface area contributed by atoms with E-state index in [-0.39, 0.29) is 11.5 Å². The molecule has 0 saturated heterocycles. The number of halogens is 1. The molecule has 29 heavy (non-hydrogen) atoms. The van der Waals surface area contributed by atoms with E-state index >= 15 is 0 Å². The van der Waals surface area contributed by atoms with Crippen LogP contribution in [0.4, 0.5) is 0 Å². The predicted molar refractivity (Wildman–Crippen MR) is 113 cm³/mol. The number of methoxy groups -OCH3 is 1. The number of aryl methyl sites for hydroxylation is 1. The van der Waals surface area contributed by atoms with Gasteiger partial charge in [0, 0.05) is 16.7 Å². The third-order valence-corrected chi connectivity index (χ3v) is 4.95. The highest BCUT2D eigenvalue weighted by atomic mass is 35.5. The fourth-order valence-electron chi connectivity index (χ4n) is 3.25.